The molecule has 1 aliphatic carbocycles. The second kappa shape index (κ2) is 7.75. The first-order valence-corrected chi connectivity index (χ1v) is 9.34. The van der Waals surface area contributed by atoms with Gasteiger partial charge in [0.25, 0.3) is 0 Å². The monoisotopic (exact) mass is 346 g/mol. The summed E-state index contributed by atoms with van der Waals surface area (Å²) >= 11 is 0. The van der Waals surface area contributed by atoms with E-state index in [0.29, 0.717) is 18.5 Å². The van der Waals surface area contributed by atoms with Gasteiger partial charge in [0.2, 0.25) is 5.91 Å². The van der Waals surface area contributed by atoms with Crippen LogP contribution in [0.3, 0.4) is 0 Å². The van der Waals surface area contributed by atoms with Crippen LogP contribution in [0.5, 0.6) is 5.75 Å². The van der Waals surface area contributed by atoms with Crippen LogP contribution in [0, 0.1) is 5.92 Å². The molecule has 0 radical (unpaired) electrons. The average molecular weight is 346 g/mol. The Balaban J connectivity index is 1.57. The second-order valence-corrected chi connectivity index (χ2v) is 7.66. The van der Waals surface area contributed by atoms with Gasteiger partial charge in [0.1, 0.15) is 5.75 Å². The maximum absolute atomic E-state index is 12.3. The molecule has 1 aromatic rings. The van der Waals surface area contributed by atoms with Crippen LogP contribution in [0.1, 0.15) is 50.1 Å². The predicted molar refractivity (Wildman–Crippen MR) is 97.5 cm³/mol. The third kappa shape index (κ3) is 4.33. The summed E-state index contributed by atoms with van der Waals surface area (Å²) in [5.41, 5.74) is 0.487. The molecule has 1 saturated carbocycles. The van der Waals surface area contributed by atoms with E-state index in [1.807, 2.05) is 12.1 Å². The van der Waals surface area contributed by atoms with E-state index in [4.69, 9.17) is 4.74 Å². The van der Waals surface area contributed by atoms with Crippen molar-refractivity contribution in [2.45, 2.75) is 50.2 Å². The number of benzene rings is 1. The highest BCUT2D eigenvalue weighted by Crippen LogP contribution is 2.36. The molecule has 138 valence electrons. The van der Waals surface area contributed by atoms with E-state index < -0.39 is 5.60 Å². The fourth-order valence-electron chi connectivity index (χ4n) is 4.38. The Morgan fingerprint density at radius 1 is 1.32 bits per heavy atom. The van der Waals surface area contributed by atoms with Gasteiger partial charge < -0.3 is 15.2 Å². The molecule has 2 fully saturated rings. The van der Waals surface area contributed by atoms with E-state index in [9.17, 15) is 9.90 Å². The third-order valence-corrected chi connectivity index (χ3v) is 5.82. The Labute approximate surface area is 150 Å². The number of methoxy groups -OCH3 is 1. The second-order valence-electron chi connectivity index (χ2n) is 7.66. The van der Waals surface area contributed by atoms with E-state index in [2.05, 4.69) is 29.4 Å². The molecule has 5 heteroatoms. The number of ether oxygens (including phenoxy) is 1. The molecule has 1 heterocycles. The molecule has 0 spiro atoms. The van der Waals surface area contributed by atoms with Crippen LogP contribution in [0.15, 0.2) is 24.3 Å². The molecule has 2 atom stereocenters. The summed E-state index contributed by atoms with van der Waals surface area (Å²) < 4.78 is 5.24. The molecule has 0 bridgehead atoms. The van der Waals surface area contributed by atoms with Crippen molar-refractivity contribution in [1.29, 1.82) is 0 Å². The van der Waals surface area contributed by atoms with Gasteiger partial charge in [-0.2, -0.15) is 0 Å². The molecule has 1 aromatic carbocycles. The quantitative estimate of drug-likeness (QED) is 0.831. The van der Waals surface area contributed by atoms with E-state index >= 15 is 0 Å². The van der Waals surface area contributed by atoms with Gasteiger partial charge in [-0.1, -0.05) is 25.0 Å². The number of hydrogen-bond acceptors (Lipinski definition) is 4. The van der Waals surface area contributed by atoms with E-state index in [-0.39, 0.29) is 12.3 Å². The fraction of sp³-hybridized carbons (Fsp3) is 0.650. The average Bonchev–Trinajstić information content (AvgIpc) is 3.19. The van der Waals surface area contributed by atoms with E-state index in [1.54, 1.807) is 7.11 Å². The lowest BCUT2D eigenvalue weighted by atomic mass is 9.93. The van der Waals surface area contributed by atoms with Crippen LogP contribution in [-0.4, -0.2) is 48.8 Å². The largest absolute Gasteiger partial charge is 0.497 e. The SMILES string of the molecule is COc1ccc([C@@H]2[C@@H](CNC(=O)CC3(O)CCCC3)CCN2C)cc1. The highest BCUT2D eigenvalue weighted by atomic mass is 16.5. The van der Waals surface area contributed by atoms with E-state index in [1.165, 1.54) is 5.56 Å². The summed E-state index contributed by atoms with van der Waals surface area (Å²) in [7, 11) is 3.81. The number of carbonyl (C=O) groups excluding carboxylic acids is 1. The van der Waals surface area contributed by atoms with Gasteiger partial charge in [-0.05, 0) is 56.5 Å². The van der Waals surface area contributed by atoms with Crippen molar-refractivity contribution in [3.8, 4) is 5.75 Å². The van der Waals surface area contributed by atoms with Gasteiger partial charge in [0, 0.05) is 12.6 Å². The van der Waals surface area contributed by atoms with Crippen molar-refractivity contribution < 1.29 is 14.6 Å². The van der Waals surface area contributed by atoms with Crippen LogP contribution in [0.4, 0.5) is 0 Å². The lowest BCUT2D eigenvalue weighted by Gasteiger charge is -2.27. The van der Waals surface area contributed by atoms with Crippen LogP contribution in [-0.2, 0) is 4.79 Å². The number of nitrogens with zero attached hydrogens (tertiary/aromatic N) is 1. The normalized spacial score (nSPS) is 25.9. The summed E-state index contributed by atoms with van der Waals surface area (Å²) in [6, 6.07) is 8.52. The summed E-state index contributed by atoms with van der Waals surface area (Å²) in [5.74, 6) is 1.23. The zero-order valence-electron chi connectivity index (χ0n) is 15.3. The molecular weight excluding hydrogens is 316 g/mol. The van der Waals surface area contributed by atoms with Crippen molar-refractivity contribution in [2.24, 2.45) is 5.92 Å². The molecule has 1 saturated heterocycles. The number of amides is 1. The highest BCUT2D eigenvalue weighted by molar-refractivity contribution is 5.77. The number of carbonyl (C=O) groups is 1. The first-order chi connectivity index (χ1) is 12.0. The maximum Gasteiger partial charge on any atom is 0.222 e. The number of rotatable bonds is 6. The van der Waals surface area contributed by atoms with Crippen LogP contribution in [0.25, 0.3) is 0 Å². The smallest absolute Gasteiger partial charge is 0.222 e. The van der Waals surface area contributed by atoms with Gasteiger partial charge >= 0.3 is 0 Å². The number of likely N-dealkylation sites (tertiary alicyclic amines) is 1. The Morgan fingerprint density at radius 2 is 2.00 bits per heavy atom. The van der Waals surface area contributed by atoms with Crippen molar-refractivity contribution >= 4 is 5.91 Å². The Kier molecular flexibility index (Phi) is 5.64. The van der Waals surface area contributed by atoms with Crippen molar-refractivity contribution in [2.75, 3.05) is 27.2 Å². The minimum Gasteiger partial charge on any atom is -0.497 e. The van der Waals surface area contributed by atoms with Gasteiger partial charge in [-0.3, -0.25) is 9.69 Å². The van der Waals surface area contributed by atoms with Gasteiger partial charge in [0.15, 0.2) is 0 Å². The zero-order valence-corrected chi connectivity index (χ0v) is 15.3. The lowest BCUT2D eigenvalue weighted by Crippen LogP contribution is -2.37. The topological polar surface area (TPSA) is 61.8 Å². The summed E-state index contributed by atoms with van der Waals surface area (Å²) in [6.45, 7) is 1.69. The summed E-state index contributed by atoms with van der Waals surface area (Å²) in [6.07, 6.45) is 4.86. The van der Waals surface area contributed by atoms with Crippen LogP contribution >= 0.6 is 0 Å². The standard InChI is InChI=1S/C20H30N2O3/c1-22-12-9-16(19(22)15-5-7-17(25-2)8-6-15)14-21-18(23)13-20(24)10-3-4-11-20/h5-8,16,19,24H,3-4,9-14H2,1-2H3,(H,21,23)/t16-,19-/m1/s1. The van der Waals surface area contributed by atoms with Crippen molar-refractivity contribution in [1.82, 2.24) is 10.2 Å². The number of aliphatic hydroxyl groups is 1. The molecule has 2 aliphatic rings. The van der Waals surface area contributed by atoms with Gasteiger partial charge in [-0.25, -0.2) is 0 Å². The Morgan fingerprint density at radius 3 is 2.64 bits per heavy atom. The summed E-state index contributed by atoms with van der Waals surface area (Å²) in [4.78, 5) is 14.6. The summed E-state index contributed by atoms with van der Waals surface area (Å²) in [5, 5.41) is 13.5. The minimum absolute atomic E-state index is 0.0209. The molecule has 25 heavy (non-hydrogen) atoms. The fourth-order valence-corrected chi connectivity index (χ4v) is 4.38. The first-order valence-electron chi connectivity index (χ1n) is 9.34. The Bertz CT molecular complexity index is 581. The number of nitrogens with one attached hydrogen (secondary N) is 1. The molecule has 1 aliphatic heterocycles. The van der Waals surface area contributed by atoms with Crippen LogP contribution in [0.2, 0.25) is 0 Å². The van der Waals surface area contributed by atoms with Crippen LogP contribution < -0.4 is 10.1 Å². The minimum atomic E-state index is -0.772. The molecule has 0 unspecified atom stereocenters. The zero-order chi connectivity index (χ0) is 17.9. The first kappa shape index (κ1) is 18.2. The Hall–Kier alpha value is -1.59. The molecule has 5 nitrogen and oxygen atoms in total. The van der Waals surface area contributed by atoms with E-state index in [0.717, 1.165) is 44.4 Å². The molecule has 3 rings (SSSR count). The number of hydrogen-bond donors (Lipinski definition) is 2. The molecule has 0 aromatic heterocycles. The molecule has 2 N–H and O–H groups in total. The van der Waals surface area contributed by atoms with Gasteiger partial charge in [-0.15, -0.1) is 0 Å². The lowest BCUT2D eigenvalue weighted by molar-refractivity contribution is -0.126. The van der Waals surface area contributed by atoms with Crippen molar-refractivity contribution in [3.63, 3.8) is 0 Å². The third-order valence-electron chi connectivity index (χ3n) is 5.82. The molecule has 1 amide bonds. The highest BCUT2D eigenvalue weighted by Gasteiger charge is 2.35. The van der Waals surface area contributed by atoms with Gasteiger partial charge in [0.05, 0.1) is 19.1 Å². The predicted octanol–water partition coefficient (Wildman–Crippen LogP) is 2.50. The maximum atomic E-state index is 12.3. The molecular formula is C20H30N2O3. The van der Waals surface area contributed by atoms with Crippen molar-refractivity contribution in [3.05, 3.63) is 29.8 Å².